The number of halogens is 1. The number of amides is 1. The molecule has 104 valence electrons. The van der Waals surface area contributed by atoms with Crippen LogP contribution >= 0.6 is 11.6 Å². The van der Waals surface area contributed by atoms with Crippen molar-refractivity contribution in [2.24, 2.45) is 0 Å². The number of carbonyl (C=O) groups excluding carboxylic acids is 1. The van der Waals surface area contributed by atoms with Crippen LogP contribution < -0.4 is 5.32 Å². The summed E-state index contributed by atoms with van der Waals surface area (Å²) in [7, 11) is 1.52. The second-order valence-electron chi connectivity index (χ2n) is 4.04. The fraction of sp³-hybridized carbons (Fsp3) is 0.357. The van der Waals surface area contributed by atoms with Gasteiger partial charge >= 0.3 is 0 Å². The Balaban J connectivity index is 2.33. The quantitative estimate of drug-likeness (QED) is 0.751. The van der Waals surface area contributed by atoms with Crippen LogP contribution in [0.1, 0.15) is 12.0 Å². The lowest BCUT2D eigenvalue weighted by Gasteiger charge is -2.08. The number of rotatable bonds is 7. The number of hydrogen-bond acceptors (Lipinski definition) is 3. The summed E-state index contributed by atoms with van der Waals surface area (Å²) in [4.78, 5) is 11.5. The van der Waals surface area contributed by atoms with Crippen molar-refractivity contribution in [3.63, 3.8) is 0 Å². The molecule has 0 aliphatic rings. The van der Waals surface area contributed by atoms with Crippen molar-refractivity contribution >= 4 is 23.6 Å². The van der Waals surface area contributed by atoms with Crippen molar-refractivity contribution in [3.05, 3.63) is 40.9 Å². The minimum absolute atomic E-state index is 0.218. The maximum Gasteiger partial charge on any atom is 0.244 e. The molecule has 1 atom stereocenters. The van der Waals surface area contributed by atoms with Crippen molar-refractivity contribution in [1.29, 1.82) is 0 Å². The van der Waals surface area contributed by atoms with Crippen LogP contribution in [-0.2, 0) is 9.53 Å². The van der Waals surface area contributed by atoms with Crippen molar-refractivity contribution in [1.82, 2.24) is 5.32 Å². The Kier molecular flexibility index (Phi) is 7.18. The van der Waals surface area contributed by atoms with E-state index in [9.17, 15) is 9.90 Å². The number of ether oxygens (including phenoxy) is 1. The number of hydrogen-bond donors (Lipinski definition) is 2. The molecule has 1 rings (SSSR count). The van der Waals surface area contributed by atoms with Crippen LogP contribution in [0, 0.1) is 0 Å². The van der Waals surface area contributed by atoms with Gasteiger partial charge in [0.25, 0.3) is 0 Å². The zero-order valence-corrected chi connectivity index (χ0v) is 11.6. The molecule has 19 heavy (non-hydrogen) atoms. The van der Waals surface area contributed by atoms with E-state index in [0.717, 1.165) is 5.56 Å². The first-order valence-electron chi connectivity index (χ1n) is 6.01. The maximum absolute atomic E-state index is 11.5. The minimum Gasteiger partial charge on any atom is -0.391 e. The molecule has 0 bridgehead atoms. The highest BCUT2D eigenvalue weighted by molar-refractivity contribution is 6.32. The van der Waals surface area contributed by atoms with Gasteiger partial charge in [-0.1, -0.05) is 29.8 Å². The molecule has 2 N–H and O–H groups in total. The topological polar surface area (TPSA) is 58.6 Å². The maximum atomic E-state index is 11.5. The van der Waals surface area contributed by atoms with Gasteiger partial charge in [-0.15, -0.1) is 0 Å². The second-order valence-corrected chi connectivity index (χ2v) is 4.45. The van der Waals surface area contributed by atoms with Crippen molar-refractivity contribution in [2.45, 2.75) is 12.5 Å². The van der Waals surface area contributed by atoms with Gasteiger partial charge in [-0.2, -0.15) is 0 Å². The van der Waals surface area contributed by atoms with Crippen LogP contribution in [0.3, 0.4) is 0 Å². The Hall–Kier alpha value is -1.36. The molecule has 0 spiro atoms. The largest absolute Gasteiger partial charge is 0.391 e. The van der Waals surface area contributed by atoms with Crippen LogP contribution in [-0.4, -0.2) is 37.4 Å². The van der Waals surface area contributed by atoms with Crippen molar-refractivity contribution in [3.8, 4) is 0 Å². The van der Waals surface area contributed by atoms with Crippen LogP contribution in [0.2, 0.25) is 5.02 Å². The first-order valence-corrected chi connectivity index (χ1v) is 6.38. The SMILES string of the molecule is COCC(O)CCNC(=O)/C=C/c1ccccc1Cl. The summed E-state index contributed by atoms with van der Waals surface area (Å²) < 4.78 is 4.79. The van der Waals surface area contributed by atoms with Gasteiger partial charge in [-0.3, -0.25) is 4.79 Å². The summed E-state index contributed by atoms with van der Waals surface area (Å²) in [6.45, 7) is 0.668. The third kappa shape index (κ3) is 6.38. The summed E-state index contributed by atoms with van der Waals surface area (Å²) in [5, 5.41) is 12.7. The zero-order valence-electron chi connectivity index (χ0n) is 10.8. The highest BCUT2D eigenvalue weighted by Gasteiger charge is 2.03. The normalized spacial score (nSPS) is 12.6. The van der Waals surface area contributed by atoms with E-state index < -0.39 is 6.10 Å². The summed E-state index contributed by atoms with van der Waals surface area (Å²) in [5.74, 6) is -0.218. The molecule has 0 aliphatic carbocycles. The van der Waals surface area contributed by atoms with Gasteiger partial charge in [0.15, 0.2) is 0 Å². The molecule has 0 heterocycles. The molecule has 0 radical (unpaired) electrons. The summed E-state index contributed by atoms with van der Waals surface area (Å²) >= 11 is 5.96. The Morgan fingerprint density at radius 3 is 2.95 bits per heavy atom. The van der Waals surface area contributed by atoms with Gasteiger partial charge < -0.3 is 15.2 Å². The molecule has 1 unspecified atom stereocenters. The Bertz CT molecular complexity index is 434. The van der Waals surface area contributed by atoms with Gasteiger partial charge in [-0.25, -0.2) is 0 Å². The fourth-order valence-corrected chi connectivity index (χ4v) is 1.67. The lowest BCUT2D eigenvalue weighted by atomic mass is 10.2. The predicted octanol–water partition coefficient (Wildman–Crippen LogP) is 1.87. The predicted molar refractivity (Wildman–Crippen MR) is 76.0 cm³/mol. The smallest absolute Gasteiger partial charge is 0.244 e. The molecule has 0 saturated carbocycles. The minimum atomic E-state index is -0.558. The summed E-state index contributed by atoms with van der Waals surface area (Å²) in [6, 6.07) is 7.27. The standard InChI is InChI=1S/C14H18ClNO3/c1-19-10-12(17)8-9-16-14(18)7-6-11-4-2-3-5-13(11)15/h2-7,12,17H,8-10H2,1H3,(H,16,18)/b7-6+. The van der Waals surface area contributed by atoms with Crippen LogP contribution in [0.25, 0.3) is 6.08 Å². The van der Waals surface area contributed by atoms with E-state index in [1.165, 1.54) is 13.2 Å². The van der Waals surface area contributed by atoms with Crippen molar-refractivity contribution < 1.29 is 14.6 Å². The average Bonchev–Trinajstić information content (AvgIpc) is 2.38. The van der Waals surface area contributed by atoms with E-state index in [1.54, 1.807) is 12.1 Å². The number of aliphatic hydroxyl groups excluding tert-OH is 1. The Morgan fingerprint density at radius 1 is 1.53 bits per heavy atom. The molecule has 5 heteroatoms. The molecule has 1 aromatic carbocycles. The summed E-state index contributed by atoms with van der Waals surface area (Å²) in [6.07, 6.45) is 2.98. The van der Waals surface area contributed by atoms with E-state index >= 15 is 0 Å². The van der Waals surface area contributed by atoms with E-state index in [1.807, 2.05) is 18.2 Å². The number of methoxy groups -OCH3 is 1. The Labute approximate surface area is 118 Å². The Morgan fingerprint density at radius 2 is 2.26 bits per heavy atom. The number of aliphatic hydroxyl groups is 1. The molecule has 0 aromatic heterocycles. The van der Waals surface area contributed by atoms with E-state index in [0.29, 0.717) is 18.0 Å². The molecule has 0 fully saturated rings. The van der Waals surface area contributed by atoms with Gasteiger partial charge in [0.1, 0.15) is 0 Å². The number of benzene rings is 1. The fourth-order valence-electron chi connectivity index (χ4n) is 1.47. The van der Waals surface area contributed by atoms with E-state index in [4.69, 9.17) is 16.3 Å². The van der Waals surface area contributed by atoms with Crippen LogP contribution in [0.5, 0.6) is 0 Å². The zero-order chi connectivity index (χ0) is 14.1. The average molecular weight is 284 g/mol. The van der Waals surface area contributed by atoms with Crippen LogP contribution in [0.4, 0.5) is 0 Å². The molecule has 4 nitrogen and oxygen atoms in total. The molecule has 0 saturated heterocycles. The van der Waals surface area contributed by atoms with Gasteiger partial charge in [-0.05, 0) is 24.1 Å². The van der Waals surface area contributed by atoms with Crippen LogP contribution in [0.15, 0.2) is 30.3 Å². The second kappa shape index (κ2) is 8.69. The monoisotopic (exact) mass is 283 g/mol. The van der Waals surface area contributed by atoms with Gasteiger partial charge in [0.2, 0.25) is 5.91 Å². The van der Waals surface area contributed by atoms with E-state index in [-0.39, 0.29) is 12.5 Å². The highest BCUT2D eigenvalue weighted by atomic mass is 35.5. The number of carbonyl (C=O) groups is 1. The summed E-state index contributed by atoms with van der Waals surface area (Å²) in [5.41, 5.74) is 0.790. The molecule has 0 aliphatic heterocycles. The van der Waals surface area contributed by atoms with Gasteiger partial charge in [0, 0.05) is 24.8 Å². The molecular formula is C14H18ClNO3. The third-order valence-electron chi connectivity index (χ3n) is 2.46. The lowest BCUT2D eigenvalue weighted by Crippen LogP contribution is -2.27. The highest BCUT2D eigenvalue weighted by Crippen LogP contribution is 2.15. The molecule has 1 aromatic rings. The first-order chi connectivity index (χ1) is 9.13. The van der Waals surface area contributed by atoms with Crippen molar-refractivity contribution in [2.75, 3.05) is 20.3 Å². The molecular weight excluding hydrogens is 266 g/mol. The third-order valence-corrected chi connectivity index (χ3v) is 2.80. The van der Waals surface area contributed by atoms with E-state index in [2.05, 4.69) is 5.32 Å². The molecule has 1 amide bonds. The van der Waals surface area contributed by atoms with Gasteiger partial charge in [0.05, 0.1) is 12.7 Å². The number of nitrogens with one attached hydrogen (secondary N) is 1. The first kappa shape index (κ1) is 15.7. The lowest BCUT2D eigenvalue weighted by molar-refractivity contribution is -0.116.